The molecule has 1 fully saturated rings. The van der Waals surface area contributed by atoms with Crippen LogP contribution in [0, 0.1) is 5.82 Å². The van der Waals surface area contributed by atoms with Crippen molar-refractivity contribution < 1.29 is 18.7 Å². The Hall–Kier alpha value is -2.09. The molecule has 0 aromatic heterocycles. The Morgan fingerprint density at radius 1 is 1.20 bits per heavy atom. The highest BCUT2D eigenvalue weighted by atomic mass is 32.2. The van der Waals surface area contributed by atoms with E-state index in [9.17, 15) is 9.18 Å². The van der Waals surface area contributed by atoms with Gasteiger partial charge >= 0.3 is 0 Å². The Kier molecular flexibility index (Phi) is 8.54. The van der Waals surface area contributed by atoms with Crippen LogP contribution in [0.4, 0.5) is 4.39 Å². The van der Waals surface area contributed by atoms with Crippen LogP contribution in [0.25, 0.3) is 0 Å². The number of carbonyl (C=O) groups excluding carboxylic acids is 1. The number of halogens is 1. The third-order valence-corrected chi connectivity index (χ3v) is 6.41. The lowest BCUT2D eigenvalue weighted by Crippen LogP contribution is -2.40. The molecule has 30 heavy (non-hydrogen) atoms. The minimum Gasteiger partial charge on any atom is -0.497 e. The van der Waals surface area contributed by atoms with Crippen molar-refractivity contribution in [2.45, 2.75) is 18.3 Å². The molecule has 1 aliphatic heterocycles. The zero-order chi connectivity index (χ0) is 21.3. The molecule has 1 saturated heterocycles. The quantitative estimate of drug-likeness (QED) is 0.532. The zero-order valence-corrected chi connectivity index (χ0v) is 18.4. The number of carbonyl (C=O) groups is 1. The van der Waals surface area contributed by atoms with Crippen molar-refractivity contribution in [3.05, 3.63) is 65.5 Å². The Morgan fingerprint density at radius 2 is 1.97 bits per heavy atom. The van der Waals surface area contributed by atoms with Crippen LogP contribution in [0.5, 0.6) is 5.75 Å². The Balaban J connectivity index is 1.68. The maximum Gasteiger partial charge on any atom is 0.237 e. The van der Waals surface area contributed by atoms with E-state index in [1.807, 2.05) is 40.1 Å². The maximum absolute atomic E-state index is 14.2. The second-order valence-corrected chi connectivity index (χ2v) is 8.42. The molecule has 0 bridgehead atoms. The molecule has 3 rings (SSSR count). The van der Waals surface area contributed by atoms with Gasteiger partial charge in [-0.1, -0.05) is 30.3 Å². The summed E-state index contributed by atoms with van der Waals surface area (Å²) in [5.41, 5.74) is 1.69. The minimum absolute atomic E-state index is 0.00214. The molecule has 1 aliphatic rings. The molecule has 0 saturated carbocycles. The summed E-state index contributed by atoms with van der Waals surface area (Å²) in [5, 5.41) is -0.00214. The van der Waals surface area contributed by atoms with Crippen LogP contribution >= 0.6 is 11.8 Å². The van der Waals surface area contributed by atoms with Crippen LogP contribution in [0.3, 0.4) is 0 Å². The van der Waals surface area contributed by atoms with Crippen LogP contribution in [-0.2, 0) is 16.1 Å². The first-order valence-corrected chi connectivity index (χ1v) is 11.2. The van der Waals surface area contributed by atoms with Crippen LogP contribution < -0.4 is 4.74 Å². The average molecular weight is 433 g/mol. The standard InChI is InChI=1S/C23H29FN2O3S/c1-28-14-5-12-25(16-19-6-3-4-7-21(19)24)17-22(27)26-13-15-30-23(26)18-8-10-20(29-2)11-9-18/h3-4,6-11,23H,5,12-17H2,1-2H3/t23-/m1/s1. The number of ether oxygens (including phenoxy) is 2. The number of benzene rings is 2. The zero-order valence-electron chi connectivity index (χ0n) is 17.6. The van der Waals surface area contributed by atoms with E-state index in [1.165, 1.54) is 6.07 Å². The topological polar surface area (TPSA) is 42.0 Å². The van der Waals surface area contributed by atoms with E-state index in [0.717, 1.165) is 23.5 Å². The Morgan fingerprint density at radius 3 is 2.67 bits per heavy atom. The van der Waals surface area contributed by atoms with Crippen LogP contribution in [0.2, 0.25) is 0 Å². The van der Waals surface area contributed by atoms with Gasteiger partial charge < -0.3 is 14.4 Å². The smallest absolute Gasteiger partial charge is 0.237 e. The molecule has 1 heterocycles. The van der Waals surface area contributed by atoms with E-state index in [1.54, 1.807) is 38.1 Å². The first-order chi connectivity index (χ1) is 14.6. The molecule has 2 aromatic rings. The van der Waals surface area contributed by atoms with E-state index in [0.29, 0.717) is 31.8 Å². The summed E-state index contributed by atoms with van der Waals surface area (Å²) in [4.78, 5) is 17.1. The van der Waals surface area contributed by atoms with Gasteiger partial charge in [0.25, 0.3) is 0 Å². The summed E-state index contributed by atoms with van der Waals surface area (Å²) in [6, 6.07) is 14.6. The summed E-state index contributed by atoms with van der Waals surface area (Å²) < 4.78 is 24.6. The number of hydrogen-bond acceptors (Lipinski definition) is 5. The molecule has 0 radical (unpaired) electrons. The van der Waals surface area contributed by atoms with Gasteiger partial charge in [-0.2, -0.15) is 0 Å². The molecular formula is C23H29FN2O3S. The first-order valence-electron chi connectivity index (χ1n) is 10.1. The minimum atomic E-state index is -0.241. The van der Waals surface area contributed by atoms with Crippen molar-refractivity contribution in [3.8, 4) is 5.75 Å². The predicted molar refractivity (Wildman–Crippen MR) is 118 cm³/mol. The number of thioether (sulfide) groups is 1. The Labute approximate surface area is 182 Å². The number of methoxy groups -OCH3 is 2. The SMILES string of the molecule is COCCCN(CC(=O)N1CCS[C@@H]1c1ccc(OC)cc1)Cc1ccccc1F. The lowest BCUT2D eigenvalue weighted by atomic mass is 10.2. The first kappa shape index (κ1) is 22.6. The lowest BCUT2D eigenvalue weighted by molar-refractivity contribution is -0.132. The number of hydrogen-bond donors (Lipinski definition) is 0. The molecule has 162 valence electrons. The van der Waals surface area contributed by atoms with E-state index >= 15 is 0 Å². The molecule has 2 aromatic carbocycles. The highest BCUT2D eigenvalue weighted by Crippen LogP contribution is 2.38. The fourth-order valence-corrected chi connectivity index (χ4v) is 4.84. The van der Waals surface area contributed by atoms with Gasteiger partial charge in [0.15, 0.2) is 0 Å². The summed E-state index contributed by atoms with van der Waals surface area (Å²) in [6.45, 7) is 2.64. The molecule has 7 heteroatoms. The summed E-state index contributed by atoms with van der Waals surface area (Å²) in [5.74, 6) is 1.53. The summed E-state index contributed by atoms with van der Waals surface area (Å²) in [7, 11) is 3.30. The second-order valence-electron chi connectivity index (χ2n) is 7.23. The molecule has 5 nitrogen and oxygen atoms in total. The van der Waals surface area contributed by atoms with E-state index < -0.39 is 0 Å². The Bertz CT molecular complexity index is 818. The van der Waals surface area contributed by atoms with Gasteiger partial charge in [0.05, 0.1) is 13.7 Å². The molecule has 0 N–H and O–H groups in total. The van der Waals surface area contributed by atoms with Crippen molar-refractivity contribution >= 4 is 17.7 Å². The van der Waals surface area contributed by atoms with Gasteiger partial charge in [-0.15, -0.1) is 11.8 Å². The van der Waals surface area contributed by atoms with Crippen LogP contribution in [0.15, 0.2) is 48.5 Å². The molecule has 1 amide bonds. The third-order valence-electron chi connectivity index (χ3n) is 5.15. The van der Waals surface area contributed by atoms with Gasteiger partial charge in [-0.05, 0) is 30.2 Å². The van der Waals surface area contributed by atoms with Crippen molar-refractivity contribution in [1.29, 1.82) is 0 Å². The fraction of sp³-hybridized carbons (Fsp3) is 0.435. The predicted octanol–water partition coefficient (Wildman–Crippen LogP) is 3.95. The monoisotopic (exact) mass is 432 g/mol. The second kappa shape index (κ2) is 11.3. The van der Waals surface area contributed by atoms with E-state index in [2.05, 4.69) is 0 Å². The van der Waals surface area contributed by atoms with Crippen molar-refractivity contribution in [2.24, 2.45) is 0 Å². The normalized spacial score (nSPS) is 16.3. The molecular weight excluding hydrogens is 403 g/mol. The number of rotatable bonds is 10. The lowest BCUT2D eigenvalue weighted by Gasteiger charge is -2.28. The number of nitrogens with zero attached hydrogens (tertiary/aromatic N) is 2. The molecule has 0 aliphatic carbocycles. The maximum atomic E-state index is 14.2. The molecule has 1 atom stereocenters. The molecule has 0 spiro atoms. The van der Waals surface area contributed by atoms with Gasteiger partial charge in [0.1, 0.15) is 16.9 Å². The summed E-state index contributed by atoms with van der Waals surface area (Å²) in [6.07, 6.45) is 0.787. The van der Waals surface area contributed by atoms with Crippen LogP contribution in [-0.4, -0.2) is 61.9 Å². The van der Waals surface area contributed by atoms with Crippen molar-refractivity contribution in [2.75, 3.05) is 46.2 Å². The van der Waals surface area contributed by atoms with E-state index in [-0.39, 0.29) is 23.6 Å². The largest absolute Gasteiger partial charge is 0.497 e. The van der Waals surface area contributed by atoms with Crippen molar-refractivity contribution in [3.63, 3.8) is 0 Å². The van der Waals surface area contributed by atoms with Crippen molar-refractivity contribution in [1.82, 2.24) is 9.80 Å². The fourth-order valence-electron chi connectivity index (χ4n) is 3.57. The summed E-state index contributed by atoms with van der Waals surface area (Å²) >= 11 is 1.77. The average Bonchev–Trinajstić information content (AvgIpc) is 3.25. The highest BCUT2D eigenvalue weighted by Gasteiger charge is 2.31. The van der Waals surface area contributed by atoms with Gasteiger partial charge in [0.2, 0.25) is 5.91 Å². The number of amides is 1. The van der Waals surface area contributed by atoms with Gasteiger partial charge in [-0.25, -0.2) is 4.39 Å². The molecule has 0 unspecified atom stereocenters. The van der Waals surface area contributed by atoms with E-state index in [4.69, 9.17) is 9.47 Å². The van der Waals surface area contributed by atoms with Crippen LogP contribution in [0.1, 0.15) is 22.9 Å². The van der Waals surface area contributed by atoms with Gasteiger partial charge in [-0.3, -0.25) is 9.69 Å². The third kappa shape index (κ3) is 5.97. The highest BCUT2D eigenvalue weighted by molar-refractivity contribution is 7.99. The van der Waals surface area contributed by atoms with Gasteiger partial charge in [0, 0.05) is 44.7 Å².